The van der Waals surface area contributed by atoms with Crippen molar-refractivity contribution in [2.24, 2.45) is 0 Å². The second-order valence-electron chi connectivity index (χ2n) is 3.64. The molecule has 0 saturated heterocycles. The Bertz CT molecular complexity index is 508. The van der Waals surface area contributed by atoms with Gasteiger partial charge in [0.15, 0.2) is 5.69 Å². The van der Waals surface area contributed by atoms with E-state index >= 15 is 0 Å². The zero-order valence-corrected chi connectivity index (χ0v) is 9.42. The fourth-order valence-electron chi connectivity index (χ4n) is 1.46. The Morgan fingerprint density at radius 2 is 2.29 bits per heavy atom. The summed E-state index contributed by atoms with van der Waals surface area (Å²) in [5.41, 5.74) is 6.34. The maximum absolute atomic E-state index is 12.0. The van der Waals surface area contributed by atoms with E-state index in [4.69, 9.17) is 5.73 Å². The maximum atomic E-state index is 12.0. The van der Waals surface area contributed by atoms with E-state index in [1.807, 2.05) is 0 Å². The van der Waals surface area contributed by atoms with E-state index in [1.165, 1.54) is 4.90 Å². The molecule has 1 amide bonds. The van der Waals surface area contributed by atoms with Crippen molar-refractivity contribution >= 4 is 11.6 Å². The summed E-state index contributed by atoms with van der Waals surface area (Å²) in [5.74, 6) is 0.495. The number of nitrogens with zero attached hydrogens (tertiary/aromatic N) is 3. The van der Waals surface area contributed by atoms with Gasteiger partial charge in [-0.15, -0.1) is 0 Å². The van der Waals surface area contributed by atoms with Crippen LogP contribution in [-0.4, -0.2) is 32.8 Å². The number of nitrogen functional groups attached to an aromatic ring is 1. The van der Waals surface area contributed by atoms with Gasteiger partial charge in [-0.25, -0.2) is 9.97 Å². The zero-order valence-electron chi connectivity index (χ0n) is 9.42. The number of hydrogen-bond donors (Lipinski definition) is 2. The first-order valence-electron chi connectivity index (χ1n) is 5.12. The molecule has 2 rings (SSSR count). The molecule has 0 unspecified atom stereocenters. The summed E-state index contributed by atoms with van der Waals surface area (Å²) in [4.78, 5) is 24.5. The molecule has 88 valence electrons. The Kier molecular flexibility index (Phi) is 3.04. The average molecular weight is 231 g/mol. The Labute approximate surface area is 98.5 Å². The standard InChI is InChI=1S/C11H13N5O/c1-16(7-9-13-5-6-14-9)11(17)10-8(12)3-2-4-15-10/h2-6H,7,12H2,1H3,(H,13,14). The van der Waals surface area contributed by atoms with Crippen LogP contribution in [0.25, 0.3) is 0 Å². The van der Waals surface area contributed by atoms with E-state index in [0.717, 1.165) is 5.82 Å². The predicted octanol–water partition coefficient (Wildman–Crippen LogP) is 0.659. The average Bonchev–Trinajstić information content (AvgIpc) is 2.81. The van der Waals surface area contributed by atoms with Crippen LogP contribution in [0.1, 0.15) is 16.3 Å². The lowest BCUT2D eigenvalue weighted by Crippen LogP contribution is -2.28. The minimum Gasteiger partial charge on any atom is -0.397 e. The van der Waals surface area contributed by atoms with Gasteiger partial charge in [-0.2, -0.15) is 0 Å². The molecule has 6 heteroatoms. The second kappa shape index (κ2) is 4.65. The number of anilines is 1. The molecule has 2 aromatic rings. The summed E-state index contributed by atoms with van der Waals surface area (Å²) >= 11 is 0. The Morgan fingerprint density at radius 1 is 1.47 bits per heavy atom. The number of rotatable bonds is 3. The molecule has 0 aliphatic rings. The third-order valence-corrected chi connectivity index (χ3v) is 2.33. The molecular weight excluding hydrogens is 218 g/mol. The van der Waals surface area contributed by atoms with Crippen molar-refractivity contribution in [1.29, 1.82) is 0 Å². The van der Waals surface area contributed by atoms with E-state index in [-0.39, 0.29) is 11.6 Å². The molecule has 0 radical (unpaired) electrons. The summed E-state index contributed by atoms with van der Waals surface area (Å²) in [6.45, 7) is 0.391. The minimum absolute atomic E-state index is 0.223. The third kappa shape index (κ3) is 2.41. The van der Waals surface area contributed by atoms with Crippen LogP contribution in [0.5, 0.6) is 0 Å². The van der Waals surface area contributed by atoms with Gasteiger partial charge in [0, 0.05) is 25.6 Å². The molecule has 0 aromatic carbocycles. The smallest absolute Gasteiger partial charge is 0.274 e. The van der Waals surface area contributed by atoms with Gasteiger partial charge in [-0.3, -0.25) is 4.79 Å². The van der Waals surface area contributed by atoms with Crippen LogP contribution in [0, 0.1) is 0 Å². The number of pyridine rings is 1. The Balaban J connectivity index is 2.13. The SMILES string of the molecule is CN(Cc1ncc[nH]1)C(=O)c1ncccc1N. The highest BCUT2D eigenvalue weighted by Crippen LogP contribution is 2.10. The predicted molar refractivity (Wildman–Crippen MR) is 63.0 cm³/mol. The first kappa shape index (κ1) is 11.1. The van der Waals surface area contributed by atoms with Crippen molar-refractivity contribution in [2.75, 3.05) is 12.8 Å². The van der Waals surface area contributed by atoms with Crippen molar-refractivity contribution in [2.45, 2.75) is 6.54 Å². The first-order chi connectivity index (χ1) is 8.18. The molecule has 0 bridgehead atoms. The van der Waals surface area contributed by atoms with Crippen molar-refractivity contribution in [3.63, 3.8) is 0 Å². The van der Waals surface area contributed by atoms with Crippen molar-refractivity contribution in [3.05, 3.63) is 42.2 Å². The highest BCUT2D eigenvalue weighted by Gasteiger charge is 2.16. The summed E-state index contributed by atoms with van der Waals surface area (Å²) < 4.78 is 0. The number of aromatic nitrogens is 3. The fraction of sp³-hybridized carbons (Fsp3) is 0.182. The molecule has 0 aliphatic carbocycles. The van der Waals surface area contributed by atoms with E-state index in [1.54, 1.807) is 37.8 Å². The number of amides is 1. The minimum atomic E-state index is -0.223. The van der Waals surface area contributed by atoms with Gasteiger partial charge in [0.2, 0.25) is 0 Å². The molecule has 6 nitrogen and oxygen atoms in total. The van der Waals surface area contributed by atoms with Gasteiger partial charge in [-0.05, 0) is 12.1 Å². The molecule has 0 atom stereocenters. The number of H-pyrrole nitrogens is 1. The third-order valence-electron chi connectivity index (χ3n) is 2.33. The van der Waals surface area contributed by atoms with Gasteiger partial charge in [0.25, 0.3) is 5.91 Å². The molecule has 0 spiro atoms. The normalized spacial score (nSPS) is 10.2. The number of imidazole rings is 1. The van der Waals surface area contributed by atoms with Gasteiger partial charge in [0.05, 0.1) is 12.2 Å². The number of carbonyl (C=O) groups is 1. The van der Waals surface area contributed by atoms with Crippen LogP contribution < -0.4 is 5.73 Å². The van der Waals surface area contributed by atoms with Crippen LogP contribution in [0.3, 0.4) is 0 Å². The van der Waals surface area contributed by atoms with E-state index in [9.17, 15) is 4.79 Å². The molecule has 2 aromatic heterocycles. The van der Waals surface area contributed by atoms with Crippen LogP contribution in [0.4, 0.5) is 5.69 Å². The van der Waals surface area contributed by atoms with Crippen molar-refractivity contribution in [3.8, 4) is 0 Å². The van der Waals surface area contributed by atoms with Crippen LogP contribution in [-0.2, 0) is 6.54 Å². The number of nitrogens with two attached hydrogens (primary N) is 1. The molecule has 0 aliphatic heterocycles. The van der Waals surface area contributed by atoms with Crippen LogP contribution in [0.15, 0.2) is 30.7 Å². The van der Waals surface area contributed by atoms with Crippen LogP contribution >= 0.6 is 0 Å². The molecule has 2 heterocycles. The topological polar surface area (TPSA) is 87.9 Å². The molecular formula is C11H13N5O. The van der Waals surface area contributed by atoms with Crippen molar-refractivity contribution in [1.82, 2.24) is 19.9 Å². The summed E-state index contributed by atoms with van der Waals surface area (Å²) in [7, 11) is 1.68. The summed E-state index contributed by atoms with van der Waals surface area (Å²) in [6.07, 6.45) is 4.90. The second-order valence-corrected chi connectivity index (χ2v) is 3.64. The van der Waals surface area contributed by atoms with Gasteiger partial charge < -0.3 is 15.6 Å². The van der Waals surface area contributed by atoms with E-state index in [0.29, 0.717) is 12.2 Å². The number of carbonyl (C=O) groups excluding carboxylic acids is 1. The lowest BCUT2D eigenvalue weighted by molar-refractivity contribution is 0.0777. The Morgan fingerprint density at radius 3 is 2.94 bits per heavy atom. The van der Waals surface area contributed by atoms with Crippen molar-refractivity contribution < 1.29 is 4.79 Å². The number of aromatic amines is 1. The fourth-order valence-corrected chi connectivity index (χ4v) is 1.46. The quantitative estimate of drug-likeness (QED) is 0.812. The number of nitrogens with one attached hydrogen (secondary N) is 1. The zero-order chi connectivity index (χ0) is 12.3. The highest BCUT2D eigenvalue weighted by atomic mass is 16.2. The summed E-state index contributed by atoms with van der Waals surface area (Å²) in [5, 5.41) is 0. The van der Waals surface area contributed by atoms with Gasteiger partial charge in [0.1, 0.15) is 5.82 Å². The monoisotopic (exact) mass is 231 g/mol. The van der Waals surface area contributed by atoms with Gasteiger partial charge in [-0.1, -0.05) is 0 Å². The lowest BCUT2D eigenvalue weighted by Gasteiger charge is -2.15. The number of hydrogen-bond acceptors (Lipinski definition) is 4. The van der Waals surface area contributed by atoms with E-state index < -0.39 is 0 Å². The highest BCUT2D eigenvalue weighted by molar-refractivity contribution is 5.96. The lowest BCUT2D eigenvalue weighted by atomic mass is 10.2. The Hall–Kier alpha value is -2.37. The largest absolute Gasteiger partial charge is 0.397 e. The molecule has 0 fully saturated rings. The molecule has 0 saturated carbocycles. The molecule has 17 heavy (non-hydrogen) atoms. The van der Waals surface area contributed by atoms with E-state index in [2.05, 4.69) is 15.0 Å². The first-order valence-corrected chi connectivity index (χ1v) is 5.12. The van der Waals surface area contributed by atoms with Crippen LogP contribution in [0.2, 0.25) is 0 Å². The molecule has 3 N–H and O–H groups in total. The summed E-state index contributed by atoms with van der Waals surface area (Å²) in [6, 6.07) is 3.35. The van der Waals surface area contributed by atoms with Gasteiger partial charge >= 0.3 is 0 Å². The maximum Gasteiger partial charge on any atom is 0.274 e.